The summed E-state index contributed by atoms with van der Waals surface area (Å²) >= 11 is 0. The molecule has 0 aliphatic heterocycles. The molecule has 0 aromatic heterocycles. The SMILES string of the molecule is CC(C)C1C=CC(O)(CCCO)CC1. The Morgan fingerprint density at radius 1 is 1.50 bits per heavy atom. The average molecular weight is 198 g/mol. The first-order valence-electron chi connectivity index (χ1n) is 5.60. The maximum absolute atomic E-state index is 10.1. The fourth-order valence-electron chi connectivity index (χ4n) is 2.05. The predicted octanol–water partition coefficient (Wildman–Crippen LogP) is 2.11. The van der Waals surface area contributed by atoms with E-state index in [1.165, 1.54) is 0 Å². The highest BCUT2D eigenvalue weighted by molar-refractivity contribution is 5.08. The molecule has 82 valence electrons. The molecule has 14 heavy (non-hydrogen) atoms. The first-order chi connectivity index (χ1) is 6.57. The van der Waals surface area contributed by atoms with E-state index in [1.54, 1.807) is 0 Å². The lowest BCUT2D eigenvalue weighted by atomic mass is 9.78. The van der Waals surface area contributed by atoms with Gasteiger partial charge in [-0.3, -0.25) is 0 Å². The summed E-state index contributed by atoms with van der Waals surface area (Å²) in [4.78, 5) is 0. The topological polar surface area (TPSA) is 40.5 Å². The van der Waals surface area contributed by atoms with E-state index in [1.807, 2.05) is 6.08 Å². The van der Waals surface area contributed by atoms with Crippen molar-refractivity contribution in [3.63, 3.8) is 0 Å². The molecule has 0 bridgehead atoms. The third-order valence-corrected chi connectivity index (χ3v) is 3.19. The largest absolute Gasteiger partial charge is 0.396 e. The predicted molar refractivity (Wildman–Crippen MR) is 58.0 cm³/mol. The zero-order valence-corrected chi connectivity index (χ0v) is 9.24. The fraction of sp³-hybridized carbons (Fsp3) is 0.833. The van der Waals surface area contributed by atoms with E-state index in [0.717, 1.165) is 12.8 Å². The Hall–Kier alpha value is -0.340. The molecule has 2 unspecified atom stereocenters. The molecule has 0 aromatic carbocycles. The van der Waals surface area contributed by atoms with E-state index in [9.17, 15) is 5.11 Å². The molecule has 0 heterocycles. The van der Waals surface area contributed by atoms with Gasteiger partial charge in [0, 0.05) is 6.61 Å². The van der Waals surface area contributed by atoms with Gasteiger partial charge in [0.25, 0.3) is 0 Å². The summed E-state index contributed by atoms with van der Waals surface area (Å²) in [5, 5.41) is 18.8. The minimum atomic E-state index is -0.645. The molecular weight excluding hydrogens is 176 g/mol. The summed E-state index contributed by atoms with van der Waals surface area (Å²) < 4.78 is 0. The van der Waals surface area contributed by atoms with Gasteiger partial charge >= 0.3 is 0 Å². The number of rotatable bonds is 4. The molecule has 0 radical (unpaired) electrons. The summed E-state index contributed by atoms with van der Waals surface area (Å²) in [7, 11) is 0. The maximum Gasteiger partial charge on any atom is 0.0828 e. The first kappa shape index (κ1) is 11.7. The van der Waals surface area contributed by atoms with E-state index in [2.05, 4.69) is 19.9 Å². The van der Waals surface area contributed by atoms with Crippen LogP contribution < -0.4 is 0 Å². The normalized spacial score (nSPS) is 32.5. The van der Waals surface area contributed by atoms with Crippen molar-refractivity contribution in [2.75, 3.05) is 6.61 Å². The molecule has 1 aliphatic rings. The van der Waals surface area contributed by atoms with Crippen molar-refractivity contribution >= 4 is 0 Å². The standard InChI is InChI=1S/C12H22O2/c1-10(2)11-4-7-12(14,8-5-11)6-3-9-13/h4,7,10-11,13-14H,3,5-6,8-9H2,1-2H3. The molecule has 2 atom stereocenters. The van der Waals surface area contributed by atoms with Gasteiger partial charge in [0.05, 0.1) is 5.60 Å². The molecule has 1 aliphatic carbocycles. The highest BCUT2D eigenvalue weighted by atomic mass is 16.3. The van der Waals surface area contributed by atoms with Crippen molar-refractivity contribution in [1.82, 2.24) is 0 Å². The first-order valence-corrected chi connectivity index (χ1v) is 5.60. The van der Waals surface area contributed by atoms with Crippen LogP contribution in [0.2, 0.25) is 0 Å². The van der Waals surface area contributed by atoms with E-state index >= 15 is 0 Å². The van der Waals surface area contributed by atoms with Crippen LogP contribution in [0.25, 0.3) is 0 Å². The third-order valence-electron chi connectivity index (χ3n) is 3.19. The van der Waals surface area contributed by atoms with Crippen molar-refractivity contribution < 1.29 is 10.2 Å². The van der Waals surface area contributed by atoms with Gasteiger partial charge in [-0.15, -0.1) is 0 Å². The zero-order chi connectivity index (χ0) is 10.6. The smallest absolute Gasteiger partial charge is 0.0828 e. The van der Waals surface area contributed by atoms with Crippen LogP contribution >= 0.6 is 0 Å². The molecule has 2 N–H and O–H groups in total. The van der Waals surface area contributed by atoms with E-state index < -0.39 is 5.60 Å². The summed E-state index contributed by atoms with van der Waals surface area (Å²) in [5.41, 5.74) is -0.645. The lowest BCUT2D eigenvalue weighted by Crippen LogP contribution is -2.31. The molecule has 2 nitrogen and oxygen atoms in total. The van der Waals surface area contributed by atoms with Crippen LogP contribution in [-0.4, -0.2) is 22.4 Å². The van der Waals surface area contributed by atoms with Crippen LogP contribution in [0.4, 0.5) is 0 Å². The number of hydrogen-bond donors (Lipinski definition) is 2. The fourth-order valence-corrected chi connectivity index (χ4v) is 2.05. The number of aliphatic hydroxyl groups excluding tert-OH is 1. The van der Waals surface area contributed by atoms with Crippen molar-refractivity contribution in [3.8, 4) is 0 Å². The Kier molecular flexibility index (Phi) is 4.14. The minimum absolute atomic E-state index is 0.170. The molecule has 0 fully saturated rings. The summed E-state index contributed by atoms with van der Waals surface area (Å²) in [6.45, 7) is 4.60. The summed E-state index contributed by atoms with van der Waals surface area (Å²) in [6, 6.07) is 0. The van der Waals surface area contributed by atoms with Gasteiger partial charge < -0.3 is 10.2 Å². The zero-order valence-electron chi connectivity index (χ0n) is 9.24. The Balaban J connectivity index is 2.48. The monoisotopic (exact) mass is 198 g/mol. The van der Waals surface area contributed by atoms with Crippen LogP contribution in [0.3, 0.4) is 0 Å². The highest BCUT2D eigenvalue weighted by Crippen LogP contribution is 2.32. The van der Waals surface area contributed by atoms with Gasteiger partial charge in [-0.2, -0.15) is 0 Å². The van der Waals surface area contributed by atoms with Gasteiger partial charge in [-0.25, -0.2) is 0 Å². The minimum Gasteiger partial charge on any atom is -0.396 e. The van der Waals surface area contributed by atoms with Gasteiger partial charge in [0.15, 0.2) is 0 Å². The molecule has 1 rings (SSSR count). The molecule has 0 spiro atoms. The lowest BCUT2D eigenvalue weighted by Gasteiger charge is -2.32. The quantitative estimate of drug-likeness (QED) is 0.679. The molecule has 0 saturated heterocycles. The Labute approximate surface area is 86.6 Å². The number of hydrogen-bond acceptors (Lipinski definition) is 2. The number of allylic oxidation sites excluding steroid dienone is 1. The van der Waals surface area contributed by atoms with Crippen LogP contribution in [0.15, 0.2) is 12.2 Å². The maximum atomic E-state index is 10.1. The molecule has 0 saturated carbocycles. The van der Waals surface area contributed by atoms with Crippen molar-refractivity contribution in [2.45, 2.75) is 45.1 Å². The Morgan fingerprint density at radius 2 is 2.21 bits per heavy atom. The lowest BCUT2D eigenvalue weighted by molar-refractivity contribution is 0.0498. The second-order valence-electron chi connectivity index (χ2n) is 4.74. The van der Waals surface area contributed by atoms with Crippen LogP contribution in [-0.2, 0) is 0 Å². The molecule has 0 amide bonds. The molecular formula is C12H22O2. The van der Waals surface area contributed by atoms with Gasteiger partial charge in [-0.05, 0) is 37.5 Å². The van der Waals surface area contributed by atoms with E-state index in [-0.39, 0.29) is 6.61 Å². The average Bonchev–Trinajstić information content (AvgIpc) is 2.16. The number of aliphatic hydroxyl groups is 2. The van der Waals surface area contributed by atoms with Crippen LogP contribution in [0, 0.1) is 11.8 Å². The molecule has 2 heteroatoms. The van der Waals surface area contributed by atoms with Crippen molar-refractivity contribution in [3.05, 3.63) is 12.2 Å². The second-order valence-corrected chi connectivity index (χ2v) is 4.74. The van der Waals surface area contributed by atoms with Crippen molar-refractivity contribution in [2.24, 2.45) is 11.8 Å². The summed E-state index contributed by atoms with van der Waals surface area (Å²) in [6.07, 6.45) is 7.36. The van der Waals surface area contributed by atoms with Gasteiger partial charge in [0.2, 0.25) is 0 Å². The molecule has 0 aromatic rings. The Morgan fingerprint density at radius 3 is 2.64 bits per heavy atom. The van der Waals surface area contributed by atoms with Crippen LogP contribution in [0.5, 0.6) is 0 Å². The van der Waals surface area contributed by atoms with E-state index in [0.29, 0.717) is 24.7 Å². The van der Waals surface area contributed by atoms with Crippen LogP contribution in [0.1, 0.15) is 39.5 Å². The van der Waals surface area contributed by atoms with E-state index in [4.69, 9.17) is 5.11 Å². The van der Waals surface area contributed by atoms with Crippen molar-refractivity contribution in [1.29, 1.82) is 0 Å². The highest BCUT2D eigenvalue weighted by Gasteiger charge is 2.28. The van der Waals surface area contributed by atoms with Gasteiger partial charge in [0.1, 0.15) is 0 Å². The second kappa shape index (κ2) is 4.94. The summed E-state index contributed by atoms with van der Waals surface area (Å²) in [5.74, 6) is 1.28. The Bertz CT molecular complexity index is 198. The van der Waals surface area contributed by atoms with Gasteiger partial charge in [-0.1, -0.05) is 26.0 Å². The third kappa shape index (κ3) is 3.10.